The first-order valence-electron chi connectivity index (χ1n) is 7.21. The lowest BCUT2D eigenvalue weighted by Crippen LogP contribution is -2.23. The number of methoxy groups -OCH3 is 1. The van der Waals surface area contributed by atoms with E-state index in [1.54, 1.807) is 12.1 Å². The number of hydrogen-bond donors (Lipinski definition) is 2. The third kappa shape index (κ3) is 4.31. The molecule has 0 aliphatic carbocycles. The number of hydrogen-bond acceptors (Lipinski definition) is 5. The summed E-state index contributed by atoms with van der Waals surface area (Å²) in [6.07, 6.45) is 0. The van der Waals surface area contributed by atoms with Gasteiger partial charge in [0, 0.05) is 12.2 Å². The lowest BCUT2D eigenvalue weighted by Gasteiger charge is -2.13. The molecule has 0 saturated carbocycles. The van der Waals surface area contributed by atoms with Crippen molar-refractivity contribution >= 4 is 27.3 Å². The smallest absolute Gasteiger partial charge is 0.240 e. The van der Waals surface area contributed by atoms with Gasteiger partial charge in [-0.3, -0.25) is 0 Å². The van der Waals surface area contributed by atoms with Gasteiger partial charge in [0.05, 0.1) is 23.6 Å². The normalized spacial score (nSPS) is 11.3. The number of anilines is 1. The number of nitrogens with two attached hydrogens (primary N) is 1. The lowest BCUT2D eigenvalue weighted by atomic mass is 10.2. The molecule has 0 aliphatic heterocycles. The topological polar surface area (TPSA) is 90.7 Å². The number of nitrogens with one attached hydrogen (secondary N) is 1. The Morgan fingerprint density at radius 2 is 1.88 bits per heavy atom. The molecule has 0 aliphatic rings. The van der Waals surface area contributed by atoms with Crippen molar-refractivity contribution in [3.05, 3.63) is 47.0 Å². The Morgan fingerprint density at radius 1 is 1.21 bits per heavy atom. The second-order valence-electron chi connectivity index (χ2n) is 4.94. The fraction of sp³-hybridized carbons (Fsp3) is 0.250. The van der Waals surface area contributed by atoms with Crippen molar-refractivity contribution in [2.75, 3.05) is 19.5 Å². The molecule has 0 spiro atoms. The van der Waals surface area contributed by atoms with Crippen LogP contribution >= 0.6 is 11.6 Å². The summed E-state index contributed by atoms with van der Waals surface area (Å²) >= 11 is 6.16. The highest BCUT2D eigenvalue weighted by atomic mass is 35.5. The molecule has 0 amide bonds. The van der Waals surface area contributed by atoms with Crippen LogP contribution in [0.15, 0.2) is 41.3 Å². The number of halogens is 1. The first-order chi connectivity index (χ1) is 11.4. The Hall–Kier alpha value is -1.96. The fourth-order valence-corrected chi connectivity index (χ4v) is 3.42. The molecule has 6 nitrogen and oxygen atoms in total. The molecule has 8 heteroatoms. The first kappa shape index (κ1) is 18.4. The predicted octanol–water partition coefficient (Wildman–Crippen LogP) is 2.81. The molecule has 0 aromatic heterocycles. The van der Waals surface area contributed by atoms with Crippen LogP contribution in [0.25, 0.3) is 0 Å². The molecule has 0 fully saturated rings. The van der Waals surface area contributed by atoms with Crippen LogP contribution in [0.1, 0.15) is 12.5 Å². The Morgan fingerprint density at radius 3 is 2.46 bits per heavy atom. The highest BCUT2D eigenvalue weighted by molar-refractivity contribution is 7.89. The van der Waals surface area contributed by atoms with Gasteiger partial charge in [-0.25, -0.2) is 13.1 Å². The van der Waals surface area contributed by atoms with E-state index in [1.807, 2.05) is 6.92 Å². The van der Waals surface area contributed by atoms with E-state index < -0.39 is 10.0 Å². The summed E-state index contributed by atoms with van der Waals surface area (Å²) in [4.78, 5) is 0.140. The van der Waals surface area contributed by atoms with E-state index >= 15 is 0 Å². The Bertz CT molecular complexity index is 808. The highest BCUT2D eigenvalue weighted by Gasteiger charge is 2.16. The van der Waals surface area contributed by atoms with E-state index in [0.717, 1.165) is 0 Å². The average molecular weight is 371 g/mol. The summed E-state index contributed by atoms with van der Waals surface area (Å²) in [6.45, 7) is 2.34. The molecular formula is C16H19ClN2O4S. The lowest BCUT2D eigenvalue weighted by molar-refractivity contribution is 0.310. The maximum Gasteiger partial charge on any atom is 0.240 e. The zero-order chi connectivity index (χ0) is 17.7. The molecule has 0 unspecified atom stereocenters. The van der Waals surface area contributed by atoms with Crippen LogP contribution in [0.4, 0.5) is 5.69 Å². The second-order valence-corrected chi connectivity index (χ2v) is 7.11. The summed E-state index contributed by atoms with van der Waals surface area (Å²) in [5.74, 6) is 0.887. The zero-order valence-corrected chi connectivity index (χ0v) is 14.9. The molecule has 2 aromatic rings. The molecule has 3 N–H and O–H groups in total. The Balaban J connectivity index is 2.20. The van der Waals surface area contributed by atoms with Gasteiger partial charge in [0.25, 0.3) is 0 Å². The van der Waals surface area contributed by atoms with E-state index in [1.165, 1.54) is 31.4 Å². The van der Waals surface area contributed by atoms with Gasteiger partial charge in [-0.05, 0) is 48.9 Å². The first-order valence-corrected chi connectivity index (χ1v) is 9.08. The average Bonchev–Trinajstić information content (AvgIpc) is 2.54. The van der Waals surface area contributed by atoms with Crippen LogP contribution in [-0.4, -0.2) is 22.1 Å². The maximum absolute atomic E-state index is 12.3. The summed E-state index contributed by atoms with van der Waals surface area (Å²) in [6, 6.07) is 9.29. The van der Waals surface area contributed by atoms with E-state index in [-0.39, 0.29) is 11.4 Å². The molecule has 130 valence electrons. The van der Waals surface area contributed by atoms with E-state index in [4.69, 9.17) is 26.8 Å². The van der Waals surface area contributed by atoms with Crippen LogP contribution in [0, 0.1) is 0 Å². The molecule has 0 saturated heterocycles. The number of ether oxygens (including phenoxy) is 2. The number of nitrogen functional groups attached to an aromatic ring is 1. The van der Waals surface area contributed by atoms with Crippen molar-refractivity contribution in [3.63, 3.8) is 0 Å². The molecule has 0 atom stereocenters. The highest BCUT2D eigenvalue weighted by Crippen LogP contribution is 2.36. The maximum atomic E-state index is 12.3. The molecule has 0 radical (unpaired) electrons. The minimum Gasteiger partial charge on any atom is -0.491 e. The SMILES string of the molecule is CCOc1cc(CNS(=O)(=O)c2ccc(N)cc2)cc(Cl)c1OC. The third-order valence-corrected chi connectivity index (χ3v) is 4.93. The van der Waals surface area contributed by atoms with Crippen LogP contribution in [0.5, 0.6) is 11.5 Å². The van der Waals surface area contributed by atoms with Gasteiger partial charge in [0.15, 0.2) is 11.5 Å². The van der Waals surface area contributed by atoms with Crippen LogP contribution < -0.4 is 19.9 Å². The summed E-state index contributed by atoms with van der Waals surface area (Å²) in [5, 5.41) is 0.352. The Labute approximate surface area is 146 Å². The zero-order valence-electron chi connectivity index (χ0n) is 13.4. The van der Waals surface area contributed by atoms with Gasteiger partial charge in [0.2, 0.25) is 10.0 Å². The summed E-state index contributed by atoms with van der Waals surface area (Å²) in [5.41, 5.74) is 6.72. The molecule has 0 heterocycles. The standard InChI is InChI=1S/C16H19ClN2O4S/c1-3-23-15-9-11(8-14(17)16(15)22-2)10-19-24(20,21)13-6-4-12(18)5-7-13/h4-9,19H,3,10,18H2,1-2H3. The number of sulfonamides is 1. The van der Waals surface area contributed by atoms with Crippen LogP contribution in [0.2, 0.25) is 5.02 Å². The van der Waals surface area contributed by atoms with Gasteiger partial charge in [-0.1, -0.05) is 11.6 Å². The Kier molecular flexibility index (Phi) is 5.93. The van der Waals surface area contributed by atoms with Crippen molar-refractivity contribution in [2.45, 2.75) is 18.4 Å². The van der Waals surface area contributed by atoms with Gasteiger partial charge in [0.1, 0.15) is 0 Å². The van der Waals surface area contributed by atoms with Crippen LogP contribution in [0.3, 0.4) is 0 Å². The van der Waals surface area contributed by atoms with E-state index in [0.29, 0.717) is 34.4 Å². The van der Waals surface area contributed by atoms with Crippen molar-refractivity contribution < 1.29 is 17.9 Å². The second kappa shape index (κ2) is 7.74. The van der Waals surface area contributed by atoms with Gasteiger partial charge >= 0.3 is 0 Å². The van der Waals surface area contributed by atoms with Crippen LogP contribution in [-0.2, 0) is 16.6 Å². The van der Waals surface area contributed by atoms with Gasteiger partial charge < -0.3 is 15.2 Å². The van der Waals surface area contributed by atoms with Gasteiger partial charge in [-0.2, -0.15) is 0 Å². The monoisotopic (exact) mass is 370 g/mol. The predicted molar refractivity (Wildman–Crippen MR) is 94.1 cm³/mol. The summed E-state index contributed by atoms with van der Waals surface area (Å²) < 4.78 is 37.8. The number of rotatable bonds is 7. The molecule has 24 heavy (non-hydrogen) atoms. The third-order valence-electron chi connectivity index (χ3n) is 3.23. The largest absolute Gasteiger partial charge is 0.491 e. The minimum absolute atomic E-state index is 0.0660. The van der Waals surface area contributed by atoms with Crippen molar-refractivity contribution in [1.29, 1.82) is 0 Å². The summed E-state index contributed by atoms with van der Waals surface area (Å²) in [7, 11) is -2.16. The quantitative estimate of drug-likeness (QED) is 0.731. The van der Waals surface area contributed by atoms with Crippen molar-refractivity contribution in [1.82, 2.24) is 4.72 Å². The van der Waals surface area contributed by atoms with E-state index in [2.05, 4.69) is 4.72 Å². The fourth-order valence-electron chi connectivity index (χ4n) is 2.09. The molecular weight excluding hydrogens is 352 g/mol. The number of benzene rings is 2. The minimum atomic E-state index is -3.65. The molecule has 2 aromatic carbocycles. The molecule has 2 rings (SSSR count). The van der Waals surface area contributed by atoms with Gasteiger partial charge in [-0.15, -0.1) is 0 Å². The van der Waals surface area contributed by atoms with E-state index in [9.17, 15) is 8.42 Å². The van der Waals surface area contributed by atoms with Crippen molar-refractivity contribution in [2.24, 2.45) is 0 Å². The molecule has 0 bridgehead atoms. The van der Waals surface area contributed by atoms with Crippen molar-refractivity contribution in [3.8, 4) is 11.5 Å².